The van der Waals surface area contributed by atoms with Crippen molar-refractivity contribution in [1.82, 2.24) is 9.55 Å². The maximum atomic E-state index is 4.71. The van der Waals surface area contributed by atoms with Gasteiger partial charge < -0.3 is 4.57 Å². The first-order valence-electron chi connectivity index (χ1n) is 10.5. The molecule has 0 aliphatic heterocycles. The van der Waals surface area contributed by atoms with Crippen LogP contribution in [-0.4, -0.2) is 9.55 Å². The Kier molecular flexibility index (Phi) is 4.68. The van der Waals surface area contributed by atoms with E-state index in [-0.39, 0.29) is 0 Å². The van der Waals surface area contributed by atoms with Crippen LogP contribution in [0.4, 0.5) is 0 Å². The van der Waals surface area contributed by atoms with E-state index < -0.39 is 5.41 Å². The molecule has 5 aromatic rings. The lowest BCUT2D eigenvalue weighted by atomic mass is 9.65. The summed E-state index contributed by atoms with van der Waals surface area (Å²) in [6.45, 7) is 3.06. The Hall–Kier alpha value is -3.65. The standard InChI is InChI=1S/C28H24N2/c1-2-30-21-29-26-20-25(18-19-27(26)30)28(22-12-6-3-7-13-22,23-14-8-4-9-15-23)24-16-10-5-11-17-24/h3-21H,2H2,1H3. The van der Waals surface area contributed by atoms with Crippen LogP contribution in [0.5, 0.6) is 0 Å². The van der Waals surface area contributed by atoms with Crippen LogP contribution in [0.15, 0.2) is 116 Å². The molecule has 0 fully saturated rings. The van der Waals surface area contributed by atoms with Crippen molar-refractivity contribution in [2.24, 2.45) is 0 Å². The molecule has 0 atom stereocenters. The number of hydrogen-bond donors (Lipinski definition) is 0. The third kappa shape index (κ3) is 2.84. The highest BCUT2D eigenvalue weighted by Gasteiger charge is 2.38. The van der Waals surface area contributed by atoms with Gasteiger partial charge in [-0.25, -0.2) is 4.98 Å². The quantitative estimate of drug-likeness (QED) is 0.317. The van der Waals surface area contributed by atoms with Crippen molar-refractivity contribution in [1.29, 1.82) is 0 Å². The molecule has 0 bridgehead atoms. The van der Waals surface area contributed by atoms with E-state index in [4.69, 9.17) is 4.98 Å². The smallest absolute Gasteiger partial charge is 0.0958 e. The number of fused-ring (bicyclic) bond motifs is 1. The number of aromatic nitrogens is 2. The minimum absolute atomic E-state index is 0.423. The Morgan fingerprint density at radius 1 is 0.633 bits per heavy atom. The van der Waals surface area contributed by atoms with Gasteiger partial charge in [0.2, 0.25) is 0 Å². The normalized spacial score (nSPS) is 11.6. The van der Waals surface area contributed by atoms with Gasteiger partial charge in [-0.15, -0.1) is 0 Å². The number of rotatable bonds is 5. The number of aryl methyl sites for hydroxylation is 1. The predicted octanol–water partition coefficient (Wildman–Crippen LogP) is 6.44. The van der Waals surface area contributed by atoms with E-state index in [1.807, 2.05) is 6.33 Å². The van der Waals surface area contributed by atoms with Gasteiger partial charge in [-0.3, -0.25) is 0 Å². The molecule has 1 aromatic heterocycles. The monoisotopic (exact) mass is 388 g/mol. The molecule has 2 nitrogen and oxygen atoms in total. The van der Waals surface area contributed by atoms with Crippen molar-refractivity contribution < 1.29 is 0 Å². The first-order chi connectivity index (χ1) is 14.8. The molecule has 2 heteroatoms. The molecule has 0 spiro atoms. The van der Waals surface area contributed by atoms with E-state index in [0.29, 0.717) is 0 Å². The Balaban J connectivity index is 1.89. The lowest BCUT2D eigenvalue weighted by Crippen LogP contribution is -2.30. The van der Waals surface area contributed by atoms with Crippen LogP contribution >= 0.6 is 0 Å². The van der Waals surface area contributed by atoms with E-state index in [2.05, 4.69) is 121 Å². The van der Waals surface area contributed by atoms with Gasteiger partial charge in [-0.2, -0.15) is 0 Å². The van der Waals surface area contributed by atoms with Crippen molar-refractivity contribution in [3.63, 3.8) is 0 Å². The molecule has 0 aliphatic rings. The van der Waals surface area contributed by atoms with E-state index in [1.165, 1.54) is 27.8 Å². The zero-order valence-electron chi connectivity index (χ0n) is 17.1. The van der Waals surface area contributed by atoms with Crippen molar-refractivity contribution >= 4 is 11.0 Å². The van der Waals surface area contributed by atoms with Crippen molar-refractivity contribution in [3.8, 4) is 0 Å². The minimum atomic E-state index is -0.423. The fourth-order valence-corrected chi connectivity index (χ4v) is 4.61. The van der Waals surface area contributed by atoms with Gasteiger partial charge in [0.25, 0.3) is 0 Å². The first kappa shape index (κ1) is 18.4. The molecule has 30 heavy (non-hydrogen) atoms. The molecule has 0 aliphatic carbocycles. The molecule has 0 unspecified atom stereocenters. The van der Waals surface area contributed by atoms with Crippen LogP contribution in [0.25, 0.3) is 11.0 Å². The lowest BCUT2D eigenvalue weighted by molar-refractivity contribution is 0.745. The Labute approximate surface area is 177 Å². The van der Waals surface area contributed by atoms with Crippen molar-refractivity contribution in [3.05, 3.63) is 138 Å². The Bertz CT molecular complexity index is 1160. The van der Waals surface area contributed by atoms with Crippen LogP contribution in [0.2, 0.25) is 0 Å². The maximum absolute atomic E-state index is 4.71. The summed E-state index contributed by atoms with van der Waals surface area (Å²) in [5, 5.41) is 0. The average Bonchev–Trinajstić information content (AvgIpc) is 3.24. The molecule has 146 valence electrons. The van der Waals surface area contributed by atoms with E-state index in [9.17, 15) is 0 Å². The van der Waals surface area contributed by atoms with Crippen LogP contribution in [-0.2, 0) is 12.0 Å². The second-order valence-electron chi connectivity index (χ2n) is 7.58. The molecule has 0 saturated heterocycles. The minimum Gasteiger partial charge on any atom is -0.331 e. The highest BCUT2D eigenvalue weighted by Crippen LogP contribution is 2.45. The molecule has 5 rings (SSSR count). The zero-order chi connectivity index (χ0) is 20.4. The molecule has 0 radical (unpaired) electrons. The van der Waals surface area contributed by atoms with Gasteiger partial charge in [-0.1, -0.05) is 97.1 Å². The van der Waals surface area contributed by atoms with Gasteiger partial charge in [-0.05, 0) is 41.3 Å². The SMILES string of the molecule is CCn1cnc2cc(C(c3ccccc3)(c3ccccc3)c3ccccc3)ccc21. The van der Waals surface area contributed by atoms with Gasteiger partial charge in [0.15, 0.2) is 0 Å². The largest absolute Gasteiger partial charge is 0.331 e. The van der Waals surface area contributed by atoms with Gasteiger partial charge in [0.05, 0.1) is 22.8 Å². The topological polar surface area (TPSA) is 17.8 Å². The summed E-state index contributed by atoms with van der Waals surface area (Å²) in [5.41, 5.74) is 6.74. The second kappa shape index (κ2) is 7.64. The Morgan fingerprint density at radius 3 is 1.60 bits per heavy atom. The van der Waals surface area contributed by atoms with E-state index >= 15 is 0 Å². The fraction of sp³-hybridized carbons (Fsp3) is 0.107. The molecular formula is C28H24N2. The summed E-state index contributed by atoms with van der Waals surface area (Å²) in [7, 11) is 0. The first-order valence-corrected chi connectivity index (χ1v) is 10.5. The molecule has 0 saturated carbocycles. The van der Waals surface area contributed by atoms with Crippen LogP contribution in [0.3, 0.4) is 0 Å². The summed E-state index contributed by atoms with van der Waals surface area (Å²) in [4.78, 5) is 4.71. The molecule has 4 aromatic carbocycles. The maximum Gasteiger partial charge on any atom is 0.0958 e. The van der Waals surface area contributed by atoms with Crippen LogP contribution < -0.4 is 0 Å². The van der Waals surface area contributed by atoms with Crippen molar-refractivity contribution in [2.75, 3.05) is 0 Å². The number of benzene rings is 4. The molecular weight excluding hydrogens is 364 g/mol. The second-order valence-corrected chi connectivity index (χ2v) is 7.58. The highest BCUT2D eigenvalue weighted by molar-refractivity contribution is 5.78. The number of imidazole rings is 1. The summed E-state index contributed by atoms with van der Waals surface area (Å²) in [6, 6.07) is 39.1. The number of hydrogen-bond acceptors (Lipinski definition) is 1. The van der Waals surface area contributed by atoms with Crippen LogP contribution in [0.1, 0.15) is 29.2 Å². The summed E-state index contributed by atoms with van der Waals surface area (Å²) >= 11 is 0. The predicted molar refractivity (Wildman–Crippen MR) is 124 cm³/mol. The lowest BCUT2D eigenvalue weighted by Gasteiger charge is -2.36. The van der Waals surface area contributed by atoms with Gasteiger partial charge >= 0.3 is 0 Å². The third-order valence-electron chi connectivity index (χ3n) is 6.02. The molecule has 1 heterocycles. The summed E-state index contributed by atoms with van der Waals surface area (Å²) < 4.78 is 2.19. The van der Waals surface area contributed by atoms with E-state index in [1.54, 1.807) is 0 Å². The summed E-state index contributed by atoms with van der Waals surface area (Å²) in [6.07, 6.45) is 1.93. The molecule has 0 N–H and O–H groups in total. The van der Waals surface area contributed by atoms with Gasteiger partial charge in [0, 0.05) is 6.54 Å². The highest BCUT2D eigenvalue weighted by atomic mass is 15.0. The Morgan fingerprint density at radius 2 is 1.13 bits per heavy atom. The van der Waals surface area contributed by atoms with E-state index in [0.717, 1.165) is 12.1 Å². The average molecular weight is 389 g/mol. The molecule has 0 amide bonds. The van der Waals surface area contributed by atoms with Crippen molar-refractivity contribution in [2.45, 2.75) is 18.9 Å². The number of nitrogens with zero attached hydrogens (tertiary/aromatic N) is 2. The fourth-order valence-electron chi connectivity index (χ4n) is 4.61. The summed E-state index contributed by atoms with van der Waals surface area (Å²) in [5.74, 6) is 0. The zero-order valence-corrected chi connectivity index (χ0v) is 17.1. The third-order valence-corrected chi connectivity index (χ3v) is 6.02. The van der Waals surface area contributed by atoms with Gasteiger partial charge in [0.1, 0.15) is 0 Å². The van der Waals surface area contributed by atoms with Crippen LogP contribution in [0, 0.1) is 0 Å².